The van der Waals surface area contributed by atoms with Crippen molar-refractivity contribution in [2.24, 2.45) is 7.05 Å². The van der Waals surface area contributed by atoms with Gasteiger partial charge < -0.3 is 14.4 Å². The summed E-state index contributed by atoms with van der Waals surface area (Å²) in [6, 6.07) is 8.33. The molecule has 0 fully saturated rings. The highest BCUT2D eigenvalue weighted by Crippen LogP contribution is 2.30. The summed E-state index contributed by atoms with van der Waals surface area (Å²) in [6.45, 7) is 2.57. The number of ether oxygens (including phenoxy) is 1. The van der Waals surface area contributed by atoms with E-state index in [1.54, 1.807) is 0 Å². The molecule has 2 atom stereocenters. The Morgan fingerprint density at radius 1 is 1.37 bits per heavy atom. The number of aliphatic hydroxyl groups excluding tert-OH is 1. The fraction of sp³-hybridized carbons (Fsp3) is 0.375. The van der Waals surface area contributed by atoms with Crippen LogP contribution in [-0.4, -0.2) is 28.5 Å². The predicted octanol–water partition coefficient (Wildman–Crippen LogP) is 2.51. The minimum atomic E-state index is -0.483. The second-order valence-corrected chi connectivity index (χ2v) is 4.99. The van der Waals surface area contributed by atoms with E-state index in [1.807, 2.05) is 25.1 Å². The van der Waals surface area contributed by atoms with E-state index in [0.29, 0.717) is 13.0 Å². The minimum absolute atomic E-state index is 0.212. The van der Waals surface area contributed by atoms with Gasteiger partial charge >= 0.3 is 0 Å². The lowest BCUT2D eigenvalue weighted by molar-refractivity contribution is -0.00289. The van der Waals surface area contributed by atoms with Crippen LogP contribution in [0.15, 0.2) is 30.3 Å². The van der Waals surface area contributed by atoms with Crippen LogP contribution in [0, 0.1) is 0 Å². The number of aliphatic hydroxyl groups is 1. The van der Waals surface area contributed by atoms with Gasteiger partial charge in [0.2, 0.25) is 0 Å². The molecular weight excluding hydrogens is 238 g/mol. The molecule has 3 nitrogen and oxygen atoms in total. The maximum Gasteiger partial charge on any atom is 0.102 e. The molecule has 0 spiro atoms. The van der Waals surface area contributed by atoms with Crippen molar-refractivity contribution in [2.45, 2.75) is 25.6 Å². The highest BCUT2D eigenvalue weighted by Gasteiger charge is 2.24. The van der Waals surface area contributed by atoms with E-state index in [4.69, 9.17) is 4.74 Å². The van der Waals surface area contributed by atoms with Crippen LogP contribution in [0.3, 0.4) is 0 Å². The van der Waals surface area contributed by atoms with Crippen LogP contribution in [0.5, 0.6) is 0 Å². The van der Waals surface area contributed by atoms with Crippen molar-refractivity contribution in [3.05, 3.63) is 41.6 Å². The van der Waals surface area contributed by atoms with Crippen LogP contribution < -0.4 is 0 Å². The van der Waals surface area contributed by atoms with Crippen molar-refractivity contribution in [3.63, 3.8) is 0 Å². The SMILES string of the molecule is CCOC1C=Cc2c(c3ccccc3n2C)CC1O. The van der Waals surface area contributed by atoms with Gasteiger partial charge in [0.25, 0.3) is 0 Å². The topological polar surface area (TPSA) is 34.4 Å². The zero-order chi connectivity index (χ0) is 13.4. The van der Waals surface area contributed by atoms with Crippen molar-refractivity contribution in [2.75, 3.05) is 6.61 Å². The van der Waals surface area contributed by atoms with E-state index in [1.165, 1.54) is 22.2 Å². The molecular formula is C16H19NO2. The zero-order valence-corrected chi connectivity index (χ0v) is 11.3. The Balaban J connectivity index is 2.13. The van der Waals surface area contributed by atoms with Gasteiger partial charge in [0.1, 0.15) is 6.10 Å². The van der Waals surface area contributed by atoms with Crippen LogP contribution in [0.2, 0.25) is 0 Å². The van der Waals surface area contributed by atoms with Crippen LogP contribution in [0.1, 0.15) is 18.2 Å². The molecule has 3 heteroatoms. The third-order valence-corrected chi connectivity index (χ3v) is 3.86. The average molecular weight is 257 g/mol. The Bertz CT molecular complexity index is 627. The van der Waals surface area contributed by atoms with Crippen LogP contribution in [-0.2, 0) is 18.2 Å². The summed E-state index contributed by atoms with van der Waals surface area (Å²) < 4.78 is 7.76. The Labute approximate surface area is 113 Å². The van der Waals surface area contributed by atoms with Gasteiger partial charge in [0.05, 0.1) is 6.10 Å². The van der Waals surface area contributed by atoms with E-state index >= 15 is 0 Å². The van der Waals surface area contributed by atoms with E-state index in [2.05, 4.69) is 29.8 Å². The number of hydrogen-bond donors (Lipinski definition) is 1. The number of nitrogens with zero attached hydrogens (tertiary/aromatic N) is 1. The highest BCUT2D eigenvalue weighted by atomic mass is 16.5. The third-order valence-electron chi connectivity index (χ3n) is 3.86. The van der Waals surface area contributed by atoms with Gasteiger partial charge in [-0.05, 0) is 24.6 Å². The van der Waals surface area contributed by atoms with Crippen LogP contribution in [0.4, 0.5) is 0 Å². The van der Waals surface area contributed by atoms with Gasteiger partial charge in [-0.3, -0.25) is 0 Å². The van der Waals surface area contributed by atoms with Gasteiger partial charge in [-0.1, -0.05) is 24.3 Å². The van der Waals surface area contributed by atoms with Gasteiger partial charge in [-0.2, -0.15) is 0 Å². The predicted molar refractivity (Wildman–Crippen MR) is 77.1 cm³/mol. The third kappa shape index (κ3) is 1.99. The standard InChI is InChI=1S/C16H19NO2/c1-3-19-16-9-8-14-12(10-15(16)18)11-6-4-5-7-13(11)17(14)2/h4-9,15-16,18H,3,10H2,1-2H3. The Morgan fingerprint density at radius 3 is 2.95 bits per heavy atom. The molecule has 2 aromatic rings. The number of hydrogen-bond acceptors (Lipinski definition) is 2. The summed E-state index contributed by atoms with van der Waals surface area (Å²) in [5.41, 5.74) is 3.59. The number of aromatic nitrogens is 1. The maximum absolute atomic E-state index is 10.3. The van der Waals surface area contributed by atoms with Crippen molar-refractivity contribution in [1.29, 1.82) is 0 Å². The van der Waals surface area contributed by atoms with Crippen molar-refractivity contribution in [1.82, 2.24) is 4.57 Å². The maximum atomic E-state index is 10.3. The summed E-state index contributed by atoms with van der Waals surface area (Å²) in [5.74, 6) is 0. The Hall–Kier alpha value is -1.58. The van der Waals surface area contributed by atoms with Gasteiger partial charge in [0, 0.05) is 36.7 Å². The van der Waals surface area contributed by atoms with E-state index in [-0.39, 0.29) is 6.10 Å². The van der Waals surface area contributed by atoms with Crippen molar-refractivity contribution < 1.29 is 9.84 Å². The van der Waals surface area contributed by atoms with Crippen molar-refractivity contribution in [3.8, 4) is 0 Å². The van der Waals surface area contributed by atoms with E-state index in [9.17, 15) is 5.11 Å². The van der Waals surface area contributed by atoms with E-state index < -0.39 is 6.10 Å². The van der Waals surface area contributed by atoms with Gasteiger partial charge in [-0.25, -0.2) is 0 Å². The molecule has 1 aromatic carbocycles. The molecule has 1 aromatic heterocycles. The first-order chi connectivity index (χ1) is 9.22. The molecule has 0 aliphatic heterocycles. The molecule has 0 amide bonds. The number of benzene rings is 1. The largest absolute Gasteiger partial charge is 0.390 e. The molecule has 0 saturated carbocycles. The Kier molecular flexibility index (Phi) is 3.17. The lowest BCUT2D eigenvalue weighted by Crippen LogP contribution is -2.28. The zero-order valence-electron chi connectivity index (χ0n) is 11.3. The second kappa shape index (κ2) is 4.83. The average Bonchev–Trinajstić information content (AvgIpc) is 2.57. The van der Waals surface area contributed by atoms with Crippen LogP contribution in [0.25, 0.3) is 17.0 Å². The molecule has 1 aliphatic rings. The smallest absolute Gasteiger partial charge is 0.102 e. The summed E-state index contributed by atoms with van der Waals surface area (Å²) in [5, 5.41) is 11.5. The molecule has 100 valence electrons. The van der Waals surface area contributed by atoms with Gasteiger partial charge in [0.15, 0.2) is 0 Å². The number of rotatable bonds is 2. The fourth-order valence-electron chi connectivity index (χ4n) is 2.92. The first-order valence-corrected chi connectivity index (χ1v) is 6.76. The molecule has 1 aliphatic carbocycles. The lowest BCUT2D eigenvalue weighted by Gasteiger charge is -2.18. The number of para-hydroxylation sites is 1. The Morgan fingerprint density at radius 2 is 2.16 bits per heavy atom. The molecule has 1 N–H and O–H groups in total. The molecule has 0 radical (unpaired) electrons. The fourth-order valence-corrected chi connectivity index (χ4v) is 2.92. The molecule has 2 unspecified atom stereocenters. The summed E-state index contributed by atoms with van der Waals surface area (Å²) in [4.78, 5) is 0. The summed E-state index contributed by atoms with van der Waals surface area (Å²) >= 11 is 0. The summed E-state index contributed by atoms with van der Waals surface area (Å²) in [7, 11) is 2.07. The van der Waals surface area contributed by atoms with Crippen molar-refractivity contribution >= 4 is 17.0 Å². The van der Waals surface area contributed by atoms with Gasteiger partial charge in [-0.15, -0.1) is 0 Å². The summed E-state index contributed by atoms with van der Waals surface area (Å²) in [6.07, 6.45) is 3.98. The molecule has 3 rings (SSSR count). The monoisotopic (exact) mass is 257 g/mol. The molecule has 1 heterocycles. The molecule has 19 heavy (non-hydrogen) atoms. The first-order valence-electron chi connectivity index (χ1n) is 6.76. The number of aryl methyl sites for hydroxylation is 1. The highest BCUT2D eigenvalue weighted by molar-refractivity contribution is 5.88. The van der Waals surface area contributed by atoms with Crippen LogP contribution >= 0.6 is 0 Å². The minimum Gasteiger partial charge on any atom is -0.390 e. The van der Waals surface area contributed by atoms with E-state index in [0.717, 1.165) is 0 Å². The molecule has 0 saturated heterocycles. The number of fused-ring (bicyclic) bond motifs is 3. The molecule has 0 bridgehead atoms. The quantitative estimate of drug-likeness (QED) is 0.897. The second-order valence-electron chi connectivity index (χ2n) is 4.99. The lowest BCUT2D eigenvalue weighted by atomic mass is 10.0. The normalized spacial score (nSPS) is 22.5. The first kappa shape index (κ1) is 12.5.